The first-order valence-electron chi connectivity index (χ1n) is 4.01. The lowest BCUT2D eigenvalue weighted by atomic mass is 10.5. The second-order valence-corrected chi connectivity index (χ2v) is 2.77. The topological polar surface area (TPSA) is 89.7 Å². The minimum atomic E-state index is 0.363. The highest BCUT2D eigenvalue weighted by Gasteiger charge is 2.02. The van der Waals surface area contributed by atoms with Crippen molar-refractivity contribution in [1.82, 2.24) is 20.2 Å². The number of aryl methyl sites for hydroxylation is 1. The van der Waals surface area contributed by atoms with E-state index in [-0.39, 0.29) is 0 Å². The number of nitrogens with two attached hydrogens (primary N) is 1. The summed E-state index contributed by atoms with van der Waals surface area (Å²) >= 11 is 0. The summed E-state index contributed by atoms with van der Waals surface area (Å²) < 4.78 is 5.31. The molecule has 0 aliphatic carbocycles. The second kappa shape index (κ2) is 3.33. The third-order valence-corrected chi connectivity index (χ3v) is 1.55. The molecule has 72 valence electrons. The normalized spacial score (nSPS) is 10.1. The van der Waals surface area contributed by atoms with Crippen LogP contribution >= 0.6 is 0 Å². The fourth-order valence-corrected chi connectivity index (χ4v) is 0.962. The van der Waals surface area contributed by atoms with Crippen LogP contribution in [0.2, 0.25) is 0 Å². The quantitative estimate of drug-likeness (QED) is 0.735. The van der Waals surface area contributed by atoms with E-state index in [1.807, 2.05) is 6.92 Å². The van der Waals surface area contributed by atoms with Crippen LogP contribution in [0.1, 0.15) is 5.69 Å². The molecule has 0 saturated carbocycles. The van der Waals surface area contributed by atoms with Gasteiger partial charge in [0.25, 0.3) is 0 Å². The Kier molecular flexibility index (Phi) is 2.02. The van der Waals surface area contributed by atoms with Crippen molar-refractivity contribution in [2.24, 2.45) is 0 Å². The maximum Gasteiger partial charge on any atom is 0.240 e. The molecule has 0 aliphatic rings. The van der Waals surface area contributed by atoms with Crippen molar-refractivity contribution >= 4 is 5.82 Å². The molecule has 0 atom stereocenters. The smallest absolute Gasteiger partial charge is 0.240 e. The average Bonchev–Trinajstić information content (AvgIpc) is 2.51. The van der Waals surface area contributed by atoms with Gasteiger partial charge in [-0.3, -0.25) is 5.10 Å². The van der Waals surface area contributed by atoms with Gasteiger partial charge in [0.05, 0.1) is 0 Å². The standard InChI is InChI=1S/C8H9N5O/c1-5-2-8(13-12-5)14-7-3-6(9)10-4-11-7/h2-4H,1H3,(H,12,13)(H2,9,10,11). The molecule has 14 heavy (non-hydrogen) atoms. The zero-order valence-corrected chi connectivity index (χ0v) is 7.56. The molecule has 0 amide bonds. The first kappa shape index (κ1) is 8.49. The summed E-state index contributed by atoms with van der Waals surface area (Å²) in [6.07, 6.45) is 1.34. The van der Waals surface area contributed by atoms with Crippen molar-refractivity contribution < 1.29 is 4.74 Å². The van der Waals surface area contributed by atoms with Crippen LogP contribution in [0, 0.1) is 6.92 Å². The number of hydrogen-bond donors (Lipinski definition) is 2. The zero-order chi connectivity index (χ0) is 9.97. The summed E-state index contributed by atoms with van der Waals surface area (Å²) in [4.78, 5) is 7.62. The Hall–Kier alpha value is -2.11. The van der Waals surface area contributed by atoms with Crippen LogP contribution in [0.5, 0.6) is 11.8 Å². The maximum atomic E-state index is 5.46. The Morgan fingerprint density at radius 2 is 2.14 bits per heavy atom. The highest BCUT2D eigenvalue weighted by Crippen LogP contribution is 2.17. The monoisotopic (exact) mass is 191 g/mol. The molecule has 3 N–H and O–H groups in total. The second-order valence-electron chi connectivity index (χ2n) is 2.77. The minimum absolute atomic E-state index is 0.363. The van der Waals surface area contributed by atoms with E-state index in [1.54, 1.807) is 6.07 Å². The summed E-state index contributed by atoms with van der Waals surface area (Å²) in [5.41, 5.74) is 6.38. The van der Waals surface area contributed by atoms with E-state index in [0.717, 1.165) is 5.69 Å². The third kappa shape index (κ3) is 1.79. The van der Waals surface area contributed by atoms with Gasteiger partial charge in [-0.15, -0.1) is 5.10 Å². The molecule has 0 aliphatic heterocycles. The van der Waals surface area contributed by atoms with Crippen LogP contribution in [-0.4, -0.2) is 20.2 Å². The Morgan fingerprint density at radius 1 is 1.29 bits per heavy atom. The molecule has 0 spiro atoms. The lowest BCUT2D eigenvalue weighted by Crippen LogP contribution is -1.93. The number of anilines is 1. The van der Waals surface area contributed by atoms with Gasteiger partial charge >= 0.3 is 0 Å². The summed E-state index contributed by atoms with van der Waals surface area (Å²) in [6, 6.07) is 3.29. The predicted octanol–water partition coefficient (Wildman–Crippen LogP) is 0.883. The Bertz CT molecular complexity index is 439. The fraction of sp³-hybridized carbons (Fsp3) is 0.125. The van der Waals surface area contributed by atoms with Crippen molar-refractivity contribution in [3.05, 3.63) is 24.2 Å². The molecule has 0 aromatic carbocycles. The molecule has 2 heterocycles. The minimum Gasteiger partial charge on any atom is -0.419 e. The highest BCUT2D eigenvalue weighted by atomic mass is 16.5. The van der Waals surface area contributed by atoms with Crippen molar-refractivity contribution in [3.63, 3.8) is 0 Å². The van der Waals surface area contributed by atoms with Crippen molar-refractivity contribution in [2.45, 2.75) is 6.92 Å². The van der Waals surface area contributed by atoms with Gasteiger partial charge in [0, 0.05) is 17.8 Å². The van der Waals surface area contributed by atoms with Gasteiger partial charge in [0.1, 0.15) is 12.1 Å². The van der Waals surface area contributed by atoms with E-state index in [2.05, 4.69) is 20.2 Å². The van der Waals surface area contributed by atoms with Crippen LogP contribution < -0.4 is 10.5 Å². The summed E-state index contributed by atoms with van der Waals surface area (Å²) in [5, 5.41) is 6.65. The van der Waals surface area contributed by atoms with Crippen LogP contribution in [-0.2, 0) is 0 Å². The molecule has 0 radical (unpaired) electrons. The van der Waals surface area contributed by atoms with Gasteiger partial charge in [-0.2, -0.15) is 0 Å². The largest absolute Gasteiger partial charge is 0.419 e. The van der Waals surface area contributed by atoms with Crippen molar-refractivity contribution in [1.29, 1.82) is 0 Å². The number of H-pyrrole nitrogens is 1. The van der Waals surface area contributed by atoms with E-state index < -0.39 is 0 Å². The number of nitrogens with one attached hydrogen (secondary N) is 1. The molecule has 0 unspecified atom stereocenters. The molecule has 2 rings (SSSR count). The van der Waals surface area contributed by atoms with Gasteiger partial charge in [0.2, 0.25) is 11.8 Å². The Labute approximate surface area is 80.1 Å². The SMILES string of the molecule is Cc1cc(Oc2cc(N)ncn2)n[nH]1. The molecule has 2 aromatic heterocycles. The number of aromatic nitrogens is 4. The molecule has 0 fully saturated rings. The Morgan fingerprint density at radius 3 is 2.79 bits per heavy atom. The van der Waals surface area contributed by atoms with Gasteiger partial charge in [-0.1, -0.05) is 0 Å². The third-order valence-electron chi connectivity index (χ3n) is 1.55. The number of nitrogen functional groups attached to an aromatic ring is 1. The number of hydrogen-bond acceptors (Lipinski definition) is 5. The summed E-state index contributed by atoms with van der Waals surface area (Å²) in [5.74, 6) is 1.20. The van der Waals surface area contributed by atoms with Gasteiger partial charge in [-0.25, -0.2) is 9.97 Å². The van der Waals surface area contributed by atoms with Gasteiger partial charge < -0.3 is 10.5 Å². The van der Waals surface area contributed by atoms with E-state index in [1.165, 1.54) is 12.4 Å². The fourth-order valence-electron chi connectivity index (χ4n) is 0.962. The van der Waals surface area contributed by atoms with Gasteiger partial charge in [0.15, 0.2) is 0 Å². The molecular formula is C8H9N5O. The first-order valence-corrected chi connectivity index (χ1v) is 4.01. The van der Waals surface area contributed by atoms with Crippen LogP contribution in [0.4, 0.5) is 5.82 Å². The van der Waals surface area contributed by atoms with Crippen molar-refractivity contribution in [2.75, 3.05) is 5.73 Å². The Balaban J connectivity index is 2.18. The number of ether oxygens (including phenoxy) is 1. The van der Waals surface area contributed by atoms with E-state index in [9.17, 15) is 0 Å². The van der Waals surface area contributed by atoms with Crippen LogP contribution in [0.25, 0.3) is 0 Å². The van der Waals surface area contributed by atoms with E-state index in [4.69, 9.17) is 10.5 Å². The van der Waals surface area contributed by atoms with Gasteiger partial charge in [-0.05, 0) is 6.92 Å². The summed E-state index contributed by atoms with van der Waals surface area (Å²) in [7, 11) is 0. The zero-order valence-electron chi connectivity index (χ0n) is 7.56. The maximum absolute atomic E-state index is 5.46. The number of aromatic amines is 1. The van der Waals surface area contributed by atoms with E-state index >= 15 is 0 Å². The van der Waals surface area contributed by atoms with Crippen LogP contribution in [0.15, 0.2) is 18.5 Å². The number of nitrogens with zero attached hydrogens (tertiary/aromatic N) is 3. The van der Waals surface area contributed by atoms with E-state index in [0.29, 0.717) is 17.6 Å². The molecule has 0 saturated heterocycles. The lowest BCUT2D eigenvalue weighted by Gasteiger charge is -1.99. The van der Waals surface area contributed by atoms with Crippen LogP contribution in [0.3, 0.4) is 0 Å². The highest BCUT2D eigenvalue weighted by molar-refractivity contribution is 5.32. The number of rotatable bonds is 2. The predicted molar refractivity (Wildman–Crippen MR) is 49.8 cm³/mol. The van der Waals surface area contributed by atoms with Crippen molar-refractivity contribution in [3.8, 4) is 11.8 Å². The molecule has 2 aromatic rings. The first-order chi connectivity index (χ1) is 6.74. The lowest BCUT2D eigenvalue weighted by molar-refractivity contribution is 0.442. The average molecular weight is 191 g/mol. The molecule has 0 bridgehead atoms. The molecule has 6 nitrogen and oxygen atoms in total. The summed E-state index contributed by atoms with van der Waals surface area (Å²) in [6.45, 7) is 1.88. The molecule has 6 heteroatoms. The molecular weight excluding hydrogens is 182 g/mol.